The SMILES string of the molecule is O=S(=O)(c1ccc(Cl)cc1)N1CCN(S(=O)(=O)c2cc(F)cc(F)c2)CC1. The van der Waals surface area contributed by atoms with Gasteiger partial charge in [-0.2, -0.15) is 8.61 Å². The summed E-state index contributed by atoms with van der Waals surface area (Å²) in [5.41, 5.74) is 0. The first-order valence-electron chi connectivity index (χ1n) is 7.83. The van der Waals surface area contributed by atoms with Gasteiger partial charge in [0.05, 0.1) is 9.79 Å². The van der Waals surface area contributed by atoms with Crippen LogP contribution in [0.1, 0.15) is 0 Å². The molecule has 0 saturated carbocycles. The Morgan fingerprint density at radius 1 is 0.704 bits per heavy atom. The molecule has 0 atom stereocenters. The number of sulfonamides is 2. The molecule has 6 nitrogen and oxygen atoms in total. The van der Waals surface area contributed by atoms with Crippen LogP contribution >= 0.6 is 11.6 Å². The molecule has 11 heteroatoms. The third-order valence-electron chi connectivity index (χ3n) is 4.12. The predicted octanol–water partition coefficient (Wildman–Crippen LogP) is 2.31. The third-order valence-corrected chi connectivity index (χ3v) is 8.16. The summed E-state index contributed by atoms with van der Waals surface area (Å²) < 4.78 is 79.2. The van der Waals surface area contributed by atoms with Crippen LogP contribution in [-0.4, -0.2) is 51.6 Å². The average molecular weight is 437 g/mol. The highest BCUT2D eigenvalue weighted by atomic mass is 35.5. The Labute approximate surface area is 161 Å². The number of piperazine rings is 1. The zero-order chi connectivity index (χ0) is 19.8. The third kappa shape index (κ3) is 4.14. The zero-order valence-corrected chi connectivity index (χ0v) is 16.2. The number of halogens is 3. The number of hydrogen-bond donors (Lipinski definition) is 0. The highest BCUT2D eigenvalue weighted by molar-refractivity contribution is 7.89. The number of nitrogens with zero attached hydrogens (tertiary/aromatic N) is 2. The molecule has 0 aliphatic carbocycles. The van der Waals surface area contributed by atoms with Gasteiger partial charge in [-0.15, -0.1) is 0 Å². The molecule has 1 heterocycles. The standard InChI is InChI=1S/C16H15ClF2N2O4S2/c17-12-1-3-15(4-2-12)26(22,23)20-5-7-21(8-6-20)27(24,25)16-10-13(18)9-14(19)11-16/h1-4,9-11H,5-8H2. The fourth-order valence-corrected chi connectivity index (χ4v) is 5.75. The van der Waals surface area contributed by atoms with E-state index in [0.717, 1.165) is 20.7 Å². The van der Waals surface area contributed by atoms with Crippen molar-refractivity contribution in [3.63, 3.8) is 0 Å². The fourth-order valence-electron chi connectivity index (χ4n) is 2.73. The quantitative estimate of drug-likeness (QED) is 0.737. The van der Waals surface area contributed by atoms with E-state index < -0.39 is 36.6 Å². The minimum atomic E-state index is -4.13. The molecule has 0 bridgehead atoms. The Bertz CT molecular complexity index is 1030. The maximum absolute atomic E-state index is 13.3. The number of rotatable bonds is 4. The van der Waals surface area contributed by atoms with Gasteiger partial charge in [0, 0.05) is 37.3 Å². The van der Waals surface area contributed by atoms with E-state index in [9.17, 15) is 25.6 Å². The molecule has 1 aliphatic rings. The van der Waals surface area contributed by atoms with Crippen molar-refractivity contribution in [2.24, 2.45) is 0 Å². The van der Waals surface area contributed by atoms with Crippen molar-refractivity contribution in [1.29, 1.82) is 0 Å². The smallest absolute Gasteiger partial charge is 0.207 e. The van der Waals surface area contributed by atoms with E-state index in [-0.39, 0.29) is 31.1 Å². The molecular weight excluding hydrogens is 422 g/mol. The zero-order valence-electron chi connectivity index (χ0n) is 13.8. The lowest BCUT2D eigenvalue weighted by Gasteiger charge is -2.33. The van der Waals surface area contributed by atoms with Crippen LogP contribution in [0.2, 0.25) is 5.02 Å². The molecule has 0 aromatic heterocycles. The van der Waals surface area contributed by atoms with E-state index in [1.165, 1.54) is 24.3 Å². The molecule has 2 aromatic rings. The molecule has 0 spiro atoms. The van der Waals surface area contributed by atoms with Crippen molar-refractivity contribution in [1.82, 2.24) is 8.61 Å². The summed E-state index contributed by atoms with van der Waals surface area (Å²) in [6.45, 7) is -0.426. The molecule has 1 fully saturated rings. The Morgan fingerprint density at radius 3 is 1.56 bits per heavy atom. The van der Waals surface area contributed by atoms with Gasteiger partial charge in [0.2, 0.25) is 20.0 Å². The van der Waals surface area contributed by atoms with Crippen molar-refractivity contribution in [3.8, 4) is 0 Å². The first-order chi connectivity index (χ1) is 12.6. The Hall–Kier alpha value is -1.59. The lowest BCUT2D eigenvalue weighted by molar-refractivity contribution is 0.272. The van der Waals surface area contributed by atoms with Crippen LogP contribution < -0.4 is 0 Å². The molecule has 1 saturated heterocycles. The van der Waals surface area contributed by atoms with Crippen molar-refractivity contribution in [2.75, 3.05) is 26.2 Å². The molecule has 0 amide bonds. The van der Waals surface area contributed by atoms with Gasteiger partial charge < -0.3 is 0 Å². The largest absolute Gasteiger partial charge is 0.243 e. The van der Waals surface area contributed by atoms with Gasteiger partial charge >= 0.3 is 0 Å². The van der Waals surface area contributed by atoms with Crippen LogP contribution in [0.25, 0.3) is 0 Å². The van der Waals surface area contributed by atoms with Crippen LogP contribution in [0.15, 0.2) is 52.3 Å². The van der Waals surface area contributed by atoms with E-state index in [1.807, 2.05) is 0 Å². The minimum Gasteiger partial charge on any atom is -0.207 e. The number of hydrogen-bond acceptors (Lipinski definition) is 4. The molecule has 1 aliphatic heterocycles. The van der Waals surface area contributed by atoms with E-state index in [4.69, 9.17) is 11.6 Å². The van der Waals surface area contributed by atoms with Crippen LogP contribution in [0.4, 0.5) is 8.78 Å². The first-order valence-corrected chi connectivity index (χ1v) is 11.1. The van der Waals surface area contributed by atoms with Crippen LogP contribution in [0.5, 0.6) is 0 Å². The van der Waals surface area contributed by atoms with E-state index >= 15 is 0 Å². The topological polar surface area (TPSA) is 74.8 Å². The second kappa shape index (κ2) is 7.44. The van der Waals surface area contributed by atoms with Gasteiger partial charge in [0.25, 0.3) is 0 Å². The van der Waals surface area contributed by atoms with Gasteiger partial charge in [0.1, 0.15) is 11.6 Å². The van der Waals surface area contributed by atoms with Gasteiger partial charge in [-0.25, -0.2) is 25.6 Å². The van der Waals surface area contributed by atoms with Gasteiger partial charge in [-0.1, -0.05) is 11.6 Å². The molecule has 3 rings (SSSR count). The number of benzene rings is 2. The molecule has 0 unspecified atom stereocenters. The van der Waals surface area contributed by atoms with Crippen molar-refractivity contribution in [3.05, 3.63) is 59.1 Å². The maximum Gasteiger partial charge on any atom is 0.243 e. The summed E-state index contributed by atoms with van der Waals surface area (Å²) in [6.07, 6.45) is 0. The monoisotopic (exact) mass is 436 g/mol. The molecular formula is C16H15ClF2N2O4S2. The Morgan fingerprint density at radius 2 is 1.11 bits per heavy atom. The first kappa shape index (κ1) is 20.2. The predicted molar refractivity (Wildman–Crippen MR) is 95.3 cm³/mol. The van der Waals surface area contributed by atoms with E-state index in [0.29, 0.717) is 11.1 Å². The van der Waals surface area contributed by atoms with Crippen LogP contribution in [0.3, 0.4) is 0 Å². The Kier molecular flexibility index (Phi) is 5.55. The lowest BCUT2D eigenvalue weighted by Crippen LogP contribution is -2.50. The maximum atomic E-state index is 13.3. The molecule has 146 valence electrons. The minimum absolute atomic E-state index is 0.0513. The summed E-state index contributed by atoms with van der Waals surface area (Å²) in [4.78, 5) is -0.454. The van der Waals surface area contributed by atoms with Gasteiger partial charge in [-0.3, -0.25) is 0 Å². The highest BCUT2D eigenvalue weighted by Gasteiger charge is 2.34. The van der Waals surface area contributed by atoms with Crippen LogP contribution in [-0.2, 0) is 20.0 Å². The summed E-state index contributed by atoms with van der Waals surface area (Å²) in [5, 5.41) is 0.396. The van der Waals surface area contributed by atoms with Crippen molar-refractivity contribution >= 4 is 31.6 Å². The summed E-state index contributed by atoms with van der Waals surface area (Å²) in [5.74, 6) is -2.00. The van der Waals surface area contributed by atoms with Gasteiger partial charge in [-0.05, 0) is 36.4 Å². The second-order valence-corrected chi connectivity index (χ2v) is 10.2. The highest BCUT2D eigenvalue weighted by Crippen LogP contribution is 2.23. The van der Waals surface area contributed by atoms with Crippen molar-refractivity contribution in [2.45, 2.75) is 9.79 Å². The second-order valence-electron chi connectivity index (χ2n) is 5.87. The summed E-state index contributed by atoms with van der Waals surface area (Å²) >= 11 is 5.76. The van der Waals surface area contributed by atoms with Gasteiger partial charge in [0.15, 0.2) is 0 Å². The summed E-state index contributed by atoms with van der Waals surface area (Å²) in [7, 11) is -7.92. The molecule has 27 heavy (non-hydrogen) atoms. The average Bonchev–Trinajstić information content (AvgIpc) is 2.61. The van der Waals surface area contributed by atoms with E-state index in [1.54, 1.807) is 0 Å². The summed E-state index contributed by atoms with van der Waals surface area (Å²) in [6, 6.07) is 7.69. The molecule has 2 aromatic carbocycles. The van der Waals surface area contributed by atoms with E-state index in [2.05, 4.69) is 0 Å². The normalized spacial score (nSPS) is 17.1. The molecule has 0 N–H and O–H groups in total. The fraction of sp³-hybridized carbons (Fsp3) is 0.250. The van der Waals surface area contributed by atoms with Crippen LogP contribution in [0, 0.1) is 11.6 Å². The lowest BCUT2D eigenvalue weighted by atomic mass is 10.3. The Balaban J connectivity index is 1.77. The molecule has 0 radical (unpaired) electrons. The van der Waals surface area contributed by atoms with Crippen molar-refractivity contribution < 1.29 is 25.6 Å².